The minimum Gasteiger partial charge on any atom is -0.497 e. The number of ether oxygens (including phenoxy) is 1. The van der Waals surface area contributed by atoms with Crippen LogP contribution in [0.25, 0.3) is 10.9 Å². The largest absolute Gasteiger partial charge is 0.497 e. The van der Waals surface area contributed by atoms with Gasteiger partial charge < -0.3 is 15.0 Å². The van der Waals surface area contributed by atoms with E-state index in [0.717, 1.165) is 36.1 Å². The van der Waals surface area contributed by atoms with Crippen molar-refractivity contribution in [2.45, 2.75) is 32.1 Å². The molecule has 1 amide bonds. The lowest BCUT2D eigenvalue weighted by Gasteiger charge is -2.10. The highest BCUT2D eigenvalue weighted by atomic mass is 16.5. The standard InChI is InChI=1S/C22H24N2O2/c1-26-17-9-6-15(7-10-17)12-13-23-22(25)16-8-11-21-19(14-16)18-4-2-3-5-20(18)24-21/h6-11,14,24H,2-5,12-13H2,1H3,(H,23,25). The number of fused-ring (bicyclic) bond motifs is 3. The van der Waals surface area contributed by atoms with Crippen molar-refractivity contribution in [2.75, 3.05) is 13.7 Å². The number of H-pyrrole nitrogens is 1. The number of nitrogens with one attached hydrogen (secondary N) is 2. The summed E-state index contributed by atoms with van der Waals surface area (Å²) in [4.78, 5) is 16.0. The molecule has 26 heavy (non-hydrogen) atoms. The molecular weight excluding hydrogens is 324 g/mol. The zero-order valence-corrected chi connectivity index (χ0v) is 15.1. The minimum atomic E-state index is -0.00817. The summed E-state index contributed by atoms with van der Waals surface area (Å²) >= 11 is 0. The third kappa shape index (κ3) is 3.32. The summed E-state index contributed by atoms with van der Waals surface area (Å²) in [5.41, 5.74) is 5.81. The van der Waals surface area contributed by atoms with Gasteiger partial charge in [-0.3, -0.25) is 4.79 Å². The molecule has 0 bridgehead atoms. The van der Waals surface area contributed by atoms with Crippen LogP contribution in [0.5, 0.6) is 5.75 Å². The number of carbonyl (C=O) groups is 1. The molecule has 0 unspecified atom stereocenters. The second kappa shape index (κ2) is 7.24. The summed E-state index contributed by atoms with van der Waals surface area (Å²) in [6.07, 6.45) is 5.51. The van der Waals surface area contributed by atoms with Crippen LogP contribution in [0.1, 0.15) is 40.0 Å². The lowest BCUT2D eigenvalue weighted by Crippen LogP contribution is -2.25. The van der Waals surface area contributed by atoms with E-state index in [0.29, 0.717) is 6.54 Å². The Balaban J connectivity index is 1.42. The molecule has 0 spiro atoms. The van der Waals surface area contributed by atoms with E-state index in [1.54, 1.807) is 7.11 Å². The highest BCUT2D eigenvalue weighted by Gasteiger charge is 2.16. The lowest BCUT2D eigenvalue weighted by molar-refractivity contribution is 0.0954. The van der Waals surface area contributed by atoms with Gasteiger partial charge in [-0.05, 0) is 73.6 Å². The monoisotopic (exact) mass is 348 g/mol. The second-order valence-electron chi connectivity index (χ2n) is 6.90. The molecule has 134 valence electrons. The normalized spacial score (nSPS) is 13.4. The first-order valence-corrected chi connectivity index (χ1v) is 9.29. The van der Waals surface area contributed by atoms with Gasteiger partial charge in [-0.1, -0.05) is 12.1 Å². The van der Waals surface area contributed by atoms with E-state index in [1.165, 1.54) is 35.0 Å². The Morgan fingerprint density at radius 3 is 2.73 bits per heavy atom. The molecule has 0 fully saturated rings. The Morgan fingerprint density at radius 2 is 1.92 bits per heavy atom. The first kappa shape index (κ1) is 16.7. The van der Waals surface area contributed by atoms with Crippen molar-refractivity contribution in [3.63, 3.8) is 0 Å². The Labute approximate surface area is 153 Å². The molecule has 4 heteroatoms. The molecule has 4 rings (SSSR count). The summed E-state index contributed by atoms with van der Waals surface area (Å²) in [6.45, 7) is 0.619. The third-order valence-corrected chi connectivity index (χ3v) is 5.22. The maximum atomic E-state index is 12.5. The second-order valence-corrected chi connectivity index (χ2v) is 6.90. The van der Waals surface area contributed by atoms with E-state index in [-0.39, 0.29) is 5.91 Å². The molecule has 0 aliphatic heterocycles. The highest BCUT2D eigenvalue weighted by molar-refractivity contribution is 5.99. The number of aromatic amines is 1. The van der Waals surface area contributed by atoms with Crippen LogP contribution < -0.4 is 10.1 Å². The van der Waals surface area contributed by atoms with Crippen molar-refractivity contribution in [1.82, 2.24) is 10.3 Å². The predicted molar refractivity (Wildman–Crippen MR) is 104 cm³/mol. The topological polar surface area (TPSA) is 54.1 Å². The Morgan fingerprint density at radius 1 is 1.12 bits per heavy atom. The van der Waals surface area contributed by atoms with Crippen LogP contribution in [0, 0.1) is 0 Å². The van der Waals surface area contributed by atoms with Crippen molar-refractivity contribution < 1.29 is 9.53 Å². The van der Waals surface area contributed by atoms with Gasteiger partial charge in [0.2, 0.25) is 0 Å². The van der Waals surface area contributed by atoms with Crippen molar-refractivity contribution in [1.29, 1.82) is 0 Å². The van der Waals surface area contributed by atoms with E-state index in [4.69, 9.17) is 4.74 Å². The number of aromatic nitrogens is 1. The van der Waals surface area contributed by atoms with E-state index in [1.807, 2.05) is 42.5 Å². The third-order valence-electron chi connectivity index (χ3n) is 5.22. The molecule has 1 aliphatic carbocycles. The quantitative estimate of drug-likeness (QED) is 0.731. The fourth-order valence-electron chi connectivity index (χ4n) is 3.76. The Hall–Kier alpha value is -2.75. The van der Waals surface area contributed by atoms with Gasteiger partial charge in [0.05, 0.1) is 7.11 Å². The van der Waals surface area contributed by atoms with E-state index in [9.17, 15) is 4.79 Å². The maximum Gasteiger partial charge on any atom is 0.251 e. The van der Waals surface area contributed by atoms with Crippen LogP contribution in [0.4, 0.5) is 0 Å². The van der Waals surface area contributed by atoms with Gasteiger partial charge in [-0.15, -0.1) is 0 Å². The molecule has 2 N–H and O–H groups in total. The van der Waals surface area contributed by atoms with Crippen molar-refractivity contribution in [3.8, 4) is 5.75 Å². The fraction of sp³-hybridized carbons (Fsp3) is 0.318. The molecule has 0 radical (unpaired) electrons. The van der Waals surface area contributed by atoms with E-state index in [2.05, 4.69) is 10.3 Å². The number of methoxy groups -OCH3 is 1. The fourth-order valence-corrected chi connectivity index (χ4v) is 3.76. The zero-order chi connectivity index (χ0) is 17.9. The number of amides is 1. The van der Waals surface area contributed by atoms with Crippen molar-refractivity contribution in [2.24, 2.45) is 0 Å². The van der Waals surface area contributed by atoms with Gasteiger partial charge in [-0.25, -0.2) is 0 Å². The molecule has 0 atom stereocenters. The van der Waals surface area contributed by atoms with Crippen LogP contribution in [0.2, 0.25) is 0 Å². The van der Waals surface area contributed by atoms with Gasteiger partial charge in [0.15, 0.2) is 0 Å². The molecule has 4 nitrogen and oxygen atoms in total. The zero-order valence-electron chi connectivity index (χ0n) is 15.1. The first-order chi connectivity index (χ1) is 12.7. The minimum absolute atomic E-state index is 0.00817. The summed E-state index contributed by atoms with van der Waals surface area (Å²) < 4.78 is 5.17. The van der Waals surface area contributed by atoms with Gasteiger partial charge in [0, 0.05) is 28.7 Å². The van der Waals surface area contributed by atoms with E-state index < -0.39 is 0 Å². The average Bonchev–Trinajstić information content (AvgIpc) is 3.06. The van der Waals surface area contributed by atoms with E-state index >= 15 is 0 Å². The maximum absolute atomic E-state index is 12.5. The van der Waals surface area contributed by atoms with Crippen LogP contribution in [-0.4, -0.2) is 24.5 Å². The van der Waals surface area contributed by atoms with Gasteiger partial charge in [0.25, 0.3) is 5.91 Å². The van der Waals surface area contributed by atoms with Gasteiger partial charge >= 0.3 is 0 Å². The number of hydrogen-bond donors (Lipinski definition) is 2. The van der Waals surface area contributed by atoms with Crippen molar-refractivity contribution in [3.05, 3.63) is 64.8 Å². The summed E-state index contributed by atoms with van der Waals surface area (Å²) in [5, 5.41) is 4.24. The molecule has 1 aliphatic rings. The summed E-state index contributed by atoms with van der Waals surface area (Å²) in [7, 11) is 1.66. The molecule has 1 heterocycles. The molecular formula is C22H24N2O2. The number of aryl methyl sites for hydroxylation is 2. The molecule has 0 saturated heterocycles. The molecule has 2 aromatic carbocycles. The van der Waals surface area contributed by atoms with Gasteiger partial charge in [0.1, 0.15) is 5.75 Å². The Bertz CT molecular complexity index is 925. The average molecular weight is 348 g/mol. The van der Waals surface area contributed by atoms with Gasteiger partial charge in [-0.2, -0.15) is 0 Å². The van der Waals surface area contributed by atoms with Crippen LogP contribution in [0.15, 0.2) is 42.5 Å². The summed E-state index contributed by atoms with van der Waals surface area (Å²) in [6, 6.07) is 13.9. The molecule has 3 aromatic rings. The number of rotatable bonds is 5. The number of hydrogen-bond acceptors (Lipinski definition) is 2. The Kier molecular flexibility index (Phi) is 4.65. The molecule has 0 saturated carbocycles. The predicted octanol–water partition coefficient (Wildman–Crippen LogP) is 4.03. The smallest absolute Gasteiger partial charge is 0.251 e. The number of benzene rings is 2. The molecule has 1 aromatic heterocycles. The van der Waals surface area contributed by atoms with Crippen LogP contribution in [-0.2, 0) is 19.3 Å². The first-order valence-electron chi connectivity index (χ1n) is 9.29. The lowest BCUT2D eigenvalue weighted by atomic mass is 9.95. The van der Waals surface area contributed by atoms with Crippen LogP contribution in [0.3, 0.4) is 0 Å². The highest BCUT2D eigenvalue weighted by Crippen LogP contribution is 2.29. The summed E-state index contributed by atoms with van der Waals surface area (Å²) in [5.74, 6) is 0.840. The van der Waals surface area contributed by atoms with Crippen molar-refractivity contribution >= 4 is 16.8 Å². The number of carbonyl (C=O) groups excluding carboxylic acids is 1. The van der Waals surface area contributed by atoms with Crippen LogP contribution >= 0.6 is 0 Å². The SMILES string of the molecule is COc1ccc(CCNC(=O)c2ccc3[nH]c4c(c3c2)CCCC4)cc1.